The topological polar surface area (TPSA) is 61.5 Å². The first-order chi connectivity index (χ1) is 9.20. The number of benzene rings is 1. The minimum absolute atomic E-state index is 0.197. The van der Waals surface area contributed by atoms with Crippen molar-refractivity contribution < 1.29 is 9.15 Å². The summed E-state index contributed by atoms with van der Waals surface area (Å²) in [6, 6.07) is 9.44. The average Bonchev–Trinajstić information content (AvgIpc) is 2.91. The SMILES string of the molecule is COc1ccc(C2Nc3occc3C(=N)N2Br)cc1. The molecule has 5 nitrogen and oxygen atoms in total. The number of furan rings is 1. The van der Waals surface area contributed by atoms with Crippen LogP contribution in [0.5, 0.6) is 5.75 Å². The van der Waals surface area contributed by atoms with Gasteiger partial charge in [-0.3, -0.25) is 9.34 Å². The number of hydrogen-bond donors (Lipinski definition) is 2. The lowest BCUT2D eigenvalue weighted by atomic mass is 10.1. The molecule has 1 unspecified atom stereocenters. The van der Waals surface area contributed by atoms with Crippen LogP contribution in [0.25, 0.3) is 0 Å². The van der Waals surface area contributed by atoms with Gasteiger partial charge in [0.15, 0.2) is 0 Å². The maximum Gasteiger partial charge on any atom is 0.205 e. The summed E-state index contributed by atoms with van der Waals surface area (Å²) in [5.74, 6) is 1.78. The molecule has 2 aromatic rings. The first-order valence-electron chi connectivity index (χ1n) is 5.72. The summed E-state index contributed by atoms with van der Waals surface area (Å²) >= 11 is 3.42. The lowest BCUT2D eigenvalue weighted by Crippen LogP contribution is -2.35. The van der Waals surface area contributed by atoms with E-state index in [1.165, 1.54) is 0 Å². The molecule has 0 aliphatic carbocycles. The molecule has 1 aromatic heterocycles. The van der Waals surface area contributed by atoms with E-state index in [4.69, 9.17) is 14.6 Å². The lowest BCUT2D eigenvalue weighted by molar-refractivity contribution is 0.414. The number of ether oxygens (including phenoxy) is 1. The summed E-state index contributed by atoms with van der Waals surface area (Å²) in [4.78, 5) is 0. The third-order valence-corrected chi connectivity index (χ3v) is 3.82. The molecule has 0 amide bonds. The minimum Gasteiger partial charge on any atom is -0.497 e. The van der Waals surface area contributed by atoms with Crippen LogP contribution in [0.4, 0.5) is 5.88 Å². The van der Waals surface area contributed by atoms with Crippen LogP contribution in [0.3, 0.4) is 0 Å². The van der Waals surface area contributed by atoms with Crippen LogP contribution in [-0.4, -0.2) is 16.9 Å². The predicted octanol–water partition coefficient (Wildman–Crippen LogP) is 3.35. The third-order valence-electron chi connectivity index (χ3n) is 3.06. The maximum absolute atomic E-state index is 8.11. The normalized spacial score (nSPS) is 17.9. The van der Waals surface area contributed by atoms with Crippen LogP contribution in [0.15, 0.2) is 41.0 Å². The van der Waals surface area contributed by atoms with E-state index >= 15 is 0 Å². The number of nitrogens with zero attached hydrogens (tertiary/aromatic N) is 1. The largest absolute Gasteiger partial charge is 0.497 e. The molecule has 1 atom stereocenters. The fraction of sp³-hybridized carbons (Fsp3) is 0.154. The van der Waals surface area contributed by atoms with E-state index in [2.05, 4.69) is 21.5 Å². The number of nitrogens with one attached hydrogen (secondary N) is 2. The predicted molar refractivity (Wildman–Crippen MR) is 75.7 cm³/mol. The fourth-order valence-electron chi connectivity index (χ4n) is 2.03. The van der Waals surface area contributed by atoms with Crippen LogP contribution < -0.4 is 10.1 Å². The third kappa shape index (κ3) is 1.98. The Bertz CT molecular complexity index is 609. The Balaban J connectivity index is 1.95. The fourth-order valence-corrected chi connectivity index (χ4v) is 2.56. The molecule has 0 saturated carbocycles. The number of hydrogen-bond acceptors (Lipinski definition) is 4. The molecule has 0 fully saturated rings. The van der Waals surface area contributed by atoms with Gasteiger partial charge in [0.05, 0.1) is 35.1 Å². The van der Waals surface area contributed by atoms with E-state index < -0.39 is 0 Å². The Hall–Kier alpha value is -1.95. The summed E-state index contributed by atoms with van der Waals surface area (Å²) in [5, 5.41) is 11.3. The molecule has 0 saturated heterocycles. The van der Waals surface area contributed by atoms with Gasteiger partial charge in [-0.1, -0.05) is 12.1 Å². The molecule has 3 rings (SSSR count). The Morgan fingerprint density at radius 2 is 2.05 bits per heavy atom. The second-order valence-electron chi connectivity index (χ2n) is 4.14. The van der Waals surface area contributed by atoms with Gasteiger partial charge in [-0.15, -0.1) is 0 Å². The summed E-state index contributed by atoms with van der Waals surface area (Å²) in [5.41, 5.74) is 1.74. The molecule has 1 aliphatic rings. The standard InChI is InChI=1S/C13H12BrN3O2/c1-18-9-4-2-8(3-5-9)12-16-13-10(6-7-19-13)11(15)17(12)14/h2-7,12,15-16H,1H3. The van der Waals surface area contributed by atoms with E-state index in [9.17, 15) is 0 Å². The summed E-state index contributed by atoms with van der Waals surface area (Å²) in [6.07, 6.45) is 1.38. The molecule has 1 aliphatic heterocycles. The van der Waals surface area contributed by atoms with Gasteiger partial charge in [-0.25, -0.2) is 0 Å². The Morgan fingerprint density at radius 1 is 1.32 bits per heavy atom. The van der Waals surface area contributed by atoms with Gasteiger partial charge in [0.2, 0.25) is 5.88 Å². The highest BCUT2D eigenvalue weighted by Gasteiger charge is 2.31. The molecule has 0 spiro atoms. The molecule has 0 bridgehead atoms. The highest BCUT2D eigenvalue weighted by atomic mass is 79.9. The van der Waals surface area contributed by atoms with Crippen LogP contribution in [0, 0.1) is 5.41 Å². The average molecular weight is 322 g/mol. The van der Waals surface area contributed by atoms with Crippen molar-refractivity contribution in [3.05, 3.63) is 47.7 Å². The second kappa shape index (κ2) is 4.62. The van der Waals surface area contributed by atoms with Gasteiger partial charge in [0, 0.05) is 0 Å². The molecular weight excluding hydrogens is 310 g/mol. The minimum atomic E-state index is -0.197. The van der Waals surface area contributed by atoms with Gasteiger partial charge in [0.25, 0.3) is 0 Å². The van der Waals surface area contributed by atoms with Crippen molar-refractivity contribution in [3.63, 3.8) is 0 Å². The highest BCUT2D eigenvalue weighted by Crippen LogP contribution is 2.35. The molecule has 1 aromatic carbocycles. The number of methoxy groups -OCH3 is 1. The molecular formula is C13H12BrN3O2. The van der Waals surface area contributed by atoms with Gasteiger partial charge in [-0.05, 0) is 23.8 Å². The summed E-state index contributed by atoms with van der Waals surface area (Å²) < 4.78 is 12.2. The molecule has 19 heavy (non-hydrogen) atoms. The molecule has 2 heterocycles. The van der Waals surface area contributed by atoms with Crippen LogP contribution >= 0.6 is 16.1 Å². The first kappa shape index (κ1) is 12.1. The van der Waals surface area contributed by atoms with Crippen LogP contribution in [0.2, 0.25) is 0 Å². The summed E-state index contributed by atoms with van der Waals surface area (Å²) in [6.45, 7) is 0. The van der Waals surface area contributed by atoms with Crippen molar-refractivity contribution in [2.75, 3.05) is 12.4 Å². The van der Waals surface area contributed by atoms with E-state index in [0.717, 1.165) is 16.9 Å². The van der Waals surface area contributed by atoms with Crippen molar-refractivity contribution >= 4 is 27.9 Å². The molecule has 2 N–H and O–H groups in total. The lowest BCUT2D eigenvalue weighted by Gasteiger charge is -2.33. The highest BCUT2D eigenvalue weighted by molar-refractivity contribution is 9.07. The zero-order valence-electron chi connectivity index (χ0n) is 10.2. The zero-order valence-corrected chi connectivity index (χ0v) is 11.8. The van der Waals surface area contributed by atoms with E-state index in [0.29, 0.717) is 11.7 Å². The molecule has 0 radical (unpaired) electrons. The number of fused-ring (bicyclic) bond motifs is 1. The van der Waals surface area contributed by atoms with Crippen molar-refractivity contribution in [2.45, 2.75) is 6.17 Å². The van der Waals surface area contributed by atoms with E-state index in [-0.39, 0.29) is 6.17 Å². The van der Waals surface area contributed by atoms with E-state index in [1.807, 2.05) is 24.3 Å². The zero-order chi connectivity index (χ0) is 13.4. The quantitative estimate of drug-likeness (QED) is 0.833. The Kier molecular flexibility index (Phi) is 2.94. The second-order valence-corrected chi connectivity index (χ2v) is 4.91. The maximum atomic E-state index is 8.11. The number of anilines is 1. The Labute approximate surface area is 119 Å². The van der Waals surface area contributed by atoms with Gasteiger partial charge >= 0.3 is 0 Å². The number of amidine groups is 1. The first-order valence-corrected chi connectivity index (χ1v) is 6.43. The van der Waals surface area contributed by atoms with Crippen LogP contribution in [0.1, 0.15) is 17.3 Å². The Morgan fingerprint density at radius 3 is 2.74 bits per heavy atom. The van der Waals surface area contributed by atoms with E-state index in [1.54, 1.807) is 23.4 Å². The van der Waals surface area contributed by atoms with Crippen molar-refractivity contribution in [2.24, 2.45) is 0 Å². The van der Waals surface area contributed by atoms with Gasteiger partial charge < -0.3 is 14.5 Å². The van der Waals surface area contributed by atoms with Crippen LogP contribution in [-0.2, 0) is 0 Å². The van der Waals surface area contributed by atoms with Crippen molar-refractivity contribution in [3.8, 4) is 5.75 Å². The van der Waals surface area contributed by atoms with Gasteiger partial charge in [-0.2, -0.15) is 0 Å². The number of halogens is 1. The number of rotatable bonds is 2. The molecule has 6 heteroatoms. The molecule has 98 valence electrons. The summed E-state index contributed by atoms with van der Waals surface area (Å²) in [7, 11) is 1.63. The van der Waals surface area contributed by atoms with Gasteiger partial charge in [0.1, 0.15) is 17.8 Å². The van der Waals surface area contributed by atoms with Crippen molar-refractivity contribution in [1.82, 2.24) is 3.93 Å². The van der Waals surface area contributed by atoms with Crippen molar-refractivity contribution in [1.29, 1.82) is 5.41 Å². The monoisotopic (exact) mass is 321 g/mol. The smallest absolute Gasteiger partial charge is 0.205 e.